The first kappa shape index (κ1) is 15.2. The second-order valence-electron chi connectivity index (χ2n) is 5.59. The molecule has 0 saturated carbocycles. The summed E-state index contributed by atoms with van der Waals surface area (Å²) in [5.41, 5.74) is 0. The van der Waals surface area contributed by atoms with E-state index in [2.05, 4.69) is 0 Å². The Bertz CT molecular complexity index is 501. The van der Waals surface area contributed by atoms with E-state index in [9.17, 15) is 9.18 Å². The van der Waals surface area contributed by atoms with Gasteiger partial charge in [-0.1, -0.05) is 0 Å². The molecule has 0 N–H and O–H groups in total. The molecule has 1 amide bonds. The molecule has 2 fully saturated rings. The summed E-state index contributed by atoms with van der Waals surface area (Å²) in [6, 6.07) is 5.65. The van der Waals surface area contributed by atoms with Crippen LogP contribution in [0.5, 0.6) is 5.75 Å². The maximum Gasteiger partial charge on any atom is 0.260 e. The standard InChI is InChI=1S/C16H20FNO4/c17-13-3-5-14(6-4-13)22-11-15(19)18-7-1-2-12(10-18)16-20-8-9-21-16/h3-6,12,16H,1-2,7-11H2. The van der Waals surface area contributed by atoms with Crippen molar-refractivity contribution in [2.45, 2.75) is 19.1 Å². The zero-order valence-electron chi connectivity index (χ0n) is 12.4. The number of carbonyl (C=O) groups is 1. The summed E-state index contributed by atoms with van der Waals surface area (Å²) in [5, 5.41) is 0. The van der Waals surface area contributed by atoms with Crippen LogP contribution >= 0.6 is 0 Å². The Morgan fingerprint density at radius 3 is 2.73 bits per heavy atom. The lowest BCUT2D eigenvalue weighted by atomic mass is 9.97. The molecule has 1 atom stereocenters. The molecule has 0 radical (unpaired) electrons. The van der Waals surface area contributed by atoms with E-state index in [0.29, 0.717) is 25.5 Å². The van der Waals surface area contributed by atoms with E-state index < -0.39 is 0 Å². The topological polar surface area (TPSA) is 48.0 Å². The fraction of sp³-hybridized carbons (Fsp3) is 0.562. The maximum absolute atomic E-state index is 12.8. The minimum atomic E-state index is -0.325. The van der Waals surface area contributed by atoms with E-state index in [4.69, 9.17) is 14.2 Å². The van der Waals surface area contributed by atoms with E-state index >= 15 is 0 Å². The summed E-state index contributed by atoms with van der Waals surface area (Å²) in [7, 11) is 0. The molecular formula is C16H20FNO4. The van der Waals surface area contributed by atoms with Crippen molar-refractivity contribution in [1.82, 2.24) is 4.90 Å². The highest BCUT2D eigenvalue weighted by Crippen LogP contribution is 2.25. The molecule has 5 nitrogen and oxygen atoms in total. The highest BCUT2D eigenvalue weighted by atomic mass is 19.1. The average Bonchev–Trinajstić information content (AvgIpc) is 3.09. The lowest BCUT2D eigenvalue weighted by Crippen LogP contribution is -2.45. The molecule has 2 aliphatic heterocycles. The van der Waals surface area contributed by atoms with E-state index in [0.717, 1.165) is 19.4 Å². The number of piperidine rings is 1. The Balaban J connectivity index is 1.49. The highest BCUT2D eigenvalue weighted by Gasteiger charge is 2.32. The predicted octanol–water partition coefficient (Wildman–Crippen LogP) is 1.82. The van der Waals surface area contributed by atoms with Crippen LogP contribution in [-0.2, 0) is 14.3 Å². The summed E-state index contributed by atoms with van der Waals surface area (Å²) >= 11 is 0. The van der Waals surface area contributed by atoms with Gasteiger partial charge in [-0.3, -0.25) is 4.79 Å². The summed E-state index contributed by atoms with van der Waals surface area (Å²) in [6.07, 6.45) is 1.76. The van der Waals surface area contributed by atoms with Gasteiger partial charge in [-0.2, -0.15) is 0 Å². The second-order valence-corrected chi connectivity index (χ2v) is 5.59. The SMILES string of the molecule is O=C(COc1ccc(F)cc1)N1CCCC(C2OCCO2)C1. The van der Waals surface area contributed by atoms with Crippen molar-refractivity contribution in [1.29, 1.82) is 0 Å². The number of carbonyl (C=O) groups excluding carboxylic acids is 1. The summed E-state index contributed by atoms with van der Waals surface area (Å²) in [4.78, 5) is 14.0. The number of ether oxygens (including phenoxy) is 3. The van der Waals surface area contributed by atoms with Gasteiger partial charge < -0.3 is 19.1 Å². The Kier molecular flexibility index (Phi) is 4.90. The monoisotopic (exact) mass is 309 g/mol. The van der Waals surface area contributed by atoms with Gasteiger partial charge >= 0.3 is 0 Å². The first-order chi connectivity index (χ1) is 10.7. The van der Waals surface area contributed by atoms with Gasteiger partial charge in [-0.05, 0) is 37.1 Å². The Hall–Kier alpha value is -1.66. The maximum atomic E-state index is 12.8. The van der Waals surface area contributed by atoms with Crippen LogP contribution in [0.2, 0.25) is 0 Å². The molecular weight excluding hydrogens is 289 g/mol. The van der Waals surface area contributed by atoms with Crippen LogP contribution < -0.4 is 4.74 Å². The smallest absolute Gasteiger partial charge is 0.260 e. The summed E-state index contributed by atoms with van der Waals surface area (Å²) in [6.45, 7) is 2.58. The van der Waals surface area contributed by atoms with Gasteiger partial charge in [0.25, 0.3) is 5.91 Å². The molecule has 0 bridgehead atoms. The molecule has 3 rings (SSSR count). The molecule has 2 aliphatic rings. The molecule has 0 aromatic heterocycles. The van der Waals surface area contributed by atoms with Crippen molar-refractivity contribution in [2.75, 3.05) is 32.9 Å². The minimum absolute atomic E-state index is 0.0370. The van der Waals surface area contributed by atoms with Gasteiger partial charge in [0.05, 0.1) is 13.2 Å². The third kappa shape index (κ3) is 3.75. The molecule has 1 unspecified atom stereocenters. The molecule has 2 saturated heterocycles. The average molecular weight is 309 g/mol. The van der Waals surface area contributed by atoms with E-state index in [1.807, 2.05) is 0 Å². The first-order valence-corrected chi connectivity index (χ1v) is 7.62. The van der Waals surface area contributed by atoms with Gasteiger partial charge in [-0.25, -0.2) is 4.39 Å². The highest BCUT2D eigenvalue weighted by molar-refractivity contribution is 5.77. The van der Waals surface area contributed by atoms with Crippen LogP contribution in [0.15, 0.2) is 24.3 Å². The van der Waals surface area contributed by atoms with Gasteiger partial charge in [0, 0.05) is 19.0 Å². The molecule has 0 aliphatic carbocycles. The van der Waals surface area contributed by atoms with E-state index in [-0.39, 0.29) is 30.5 Å². The number of nitrogens with zero attached hydrogens (tertiary/aromatic N) is 1. The second kappa shape index (κ2) is 7.07. The Morgan fingerprint density at radius 1 is 1.27 bits per heavy atom. The summed E-state index contributed by atoms with van der Waals surface area (Å²) < 4.78 is 29.3. The van der Waals surface area contributed by atoms with E-state index in [1.165, 1.54) is 24.3 Å². The quantitative estimate of drug-likeness (QED) is 0.851. The van der Waals surface area contributed by atoms with Crippen LogP contribution in [0.1, 0.15) is 12.8 Å². The molecule has 1 aromatic rings. The van der Waals surface area contributed by atoms with Crippen LogP contribution in [0.25, 0.3) is 0 Å². The van der Waals surface area contributed by atoms with Crippen molar-refractivity contribution in [3.63, 3.8) is 0 Å². The number of halogens is 1. The van der Waals surface area contributed by atoms with Crippen molar-refractivity contribution < 1.29 is 23.4 Å². The predicted molar refractivity (Wildman–Crippen MR) is 76.9 cm³/mol. The molecule has 22 heavy (non-hydrogen) atoms. The molecule has 2 heterocycles. The number of rotatable bonds is 4. The fourth-order valence-corrected chi connectivity index (χ4v) is 2.87. The zero-order chi connectivity index (χ0) is 15.4. The minimum Gasteiger partial charge on any atom is -0.484 e. The number of hydrogen-bond acceptors (Lipinski definition) is 4. The van der Waals surface area contributed by atoms with Crippen LogP contribution in [0, 0.1) is 11.7 Å². The van der Waals surface area contributed by atoms with Gasteiger partial charge in [0.2, 0.25) is 0 Å². The lowest BCUT2D eigenvalue weighted by molar-refractivity contribution is -0.141. The van der Waals surface area contributed by atoms with Gasteiger partial charge in [-0.15, -0.1) is 0 Å². The number of hydrogen-bond donors (Lipinski definition) is 0. The summed E-state index contributed by atoms with van der Waals surface area (Å²) in [5.74, 6) is 0.331. The van der Waals surface area contributed by atoms with Crippen molar-refractivity contribution in [2.24, 2.45) is 5.92 Å². The molecule has 120 valence electrons. The largest absolute Gasteiger partial charge is 0.484 e. The number of likely N-dealkylation sites (tertiary alicyclic amines) is 1. The Labute approximate surface area is 128 Å². The Morgan fingerprint density at radius 2 is 2.00 bits per heavy atom. The molecule has 0 spiro atoms. The number of benzene rings is 1. The van der Waals surface area contributed by atoms with Crippen LogP contribution in [0.4, 0.5) is 4.39 Å². The lowest BCUT2D eigenvalue weighted by Gasteiger charge is -2.34. The third-order valence-corrected chi connectivity index (χ3v) is 4.02. The van der Waals surface area contributed by atoms with Crippen LogP contribution in [-0.4, -0.2) is 50.0 Å². The van der Waals surface area contributed by atoms with Gasteiger partial charge in [0.1, 0.15) is 11.6 Å². The molecule has 1 aromatic carbocycles. The van der Waals surface area contributed by atoms with Gasteiger partial charge in [0.15, 0.2) is 12.9 Å². The van der Waals surface area contributed by atoms with Crippen molar-refractivity contribution in [3.05, 3.63) is 30.1 Å². The fourth-order valence-electron chi connectivity index (χ4n) is 2.87. The first-order valence-electron chi connectivity index (χ1n) is 7.62. The van der Waals surface area contributed by atoms with Crippen LogP contribution in [0.3, 0.4) is 0 Å². The van der Waals surface area contributed by atoms with Crippen molar-refractivity contribution >= 4 is 5.91 Å². The van der Waals surface area contributed by atoms with E-state index in [1.54, 1.807) is 4.90 Å². The molecule has 6 heteroatoms. The number of amides is 1. The zero-order valence-corrected chi connectivity index (χ0v) is 12.4. The van der Waals surface area contributed by atoms with Crippen molar-refractivity contribution in [3.8, 4) is 5.75 Å². The normalized spacial score (nSPS) is 22.8. The third-order valence-electron chi connectivity index (χ3n) is 4.02.